The smallest absolute Gasteiger partial charge is 0.231 e. The van der Waals surface area contributed by atoms with E-state index < -0.39 is 0 Å². The molecule has 2 aliphatic rings. The van der Waals surface area contributed by atoms with Crippen LogP contribution in [0.2, 0.25) is 0 Å². The number of hydrogen-bond acceptors (Lipinski definition) is 4. The molecule has 1 aromatic heterocycles. The van der Waals surface area contributed by atoms with Crippen LogP contribution in [0.4, 0.5) is 17.1 Å². The van der Waals surface area contributed by atoms with Crippen LogP contribution in [-0.4, -0.2) is 6.79 Å². The standard InChI is InChI=1S/C52H37NO3/c1-52(2)45-19-8-6-16-39(45)43-30-44(42-18-11-21-49-51(42)55-32-54-49)47(31-46(43)52)53(37-25-22-34(23-26-37)33-12-4-3-5-13-33)38-15-10-14-35(28-38)36-24-27-41-40-17-7-9-20-48(40)56-50(41)29-36/h3-31H,32H2,1-2H3. The molecule has 1 aliphatic heterocycles. The second kappa shape index (κ2) is 12.5. The summed E-state index contributed by atoms with van der Waals surface area (Å²) in [6.07, 6.45) is 0. The van der Waals surface area contributed by atoms with E-state index >= 15 is 0 Å². The lowest BCUT2D eigenvalue weighted by Gasteiger charge is -2.31. The number of anilines is 3. The maximum absolute atomic E-state index is 6.34. The minimum atomic E-state index is -0.204. The number of fused-ring (bicyclic) bond motifs is 7. The van der Waals surface area contributed by atoms with Crippen molar-refractivity contribution in [1.29, 1.82) is 0 Å². The van der Waals surface area contributed by atoms with Crippen molar-refractivity contribution in [2.75, 3.05) is 11.7 Å². The second-order valence-corrected chi connectivity index (χ2v) is 15.2. The summed E-state index contributed by atoms with van der Waals surface area (Å²) in [7, 11) is 0. The monoisotopic (exact) mass is 723 g/mol. The average Bonchev–Trinajstić information content (AvgIpc) is 3.94. The third-order valence-corrected chi connectivity index (χ3v) is 11.7. The predicted molar refractivity (Wildman–Crippen MR) is 228 cm³/mol. The van der Waals surface area contributed by atoms with Gasteiger partial charge >= 0.3 is 0 Å². The molecule has 8 aromatic carbocycles. The van der Waals surface area contributed by atoms with E-state index in [1.807, 2.05) is 18.2 Å². The Balaban J connectivity index is 1.15. The van der Waals surface area contributed by atoms with Crippen LogP contribution in [0.1, 0.15) is 25.0 Å². The lowest BCUT2D eigenvalue weighted by atomic mass is 9.81. The zero-order valence-electron chi connectivity index (χ0n) is 31.1. The molecule has 268 valence electrons. The van der Waals surface area contributed by atoms with Gasteiger partial charge in [-0.05, 0) is 105 Å². The molecule has 0 amide bonds. The minimum Gasteiger partial charge on any atom is -0.456 e. The molecular weight excluding hydrogens is 687 g/mol. The Labute approximate surface area is 325 Å². The molecule has 0 N–H and O–H groups in total. The van der Waals surface area contributed by atoms with E-state index in [9.17, 15) is 0 Å². The van der Waals surface area contributed by atoms with Gasteiger partial charge in [-0.15, -0.1) is 0 Å². The molecule has 56 heavy (non-hydrogen) atoms. The molecule has 0 atom stereocenters. The molecule has 1 aliphatic carbocycles. The van der Waals surface area contributed by atoms with Crippen molar-refractivity contribution in [3.8, 4) is 56.0 Å². The first-order chi connectivity index (χ1) is 27.5. The van der Waals surface area contributed by atoms with E-state index in [0.29, 0.717) is 0 Å². The van der Waals surface area contributed by atoms with Crippen LogP contribution in [0.15, 0.2) is 180 Å². The summed E-state index contributed by atoms with van der Waals surface area (Å²) in [6.45, 7) is 4.88. The van der Waals surface area contributed by atoms with Crippen LogP contribution in [0.5, 0.6) is 11.5 Å². The zero-order chi connectivity index (χ0) is 37.4. The van der Waals surface area contributed by atoms with Crippen molar-refractivity contribution >= 4 is 39.0 Å². The molecule has 11 rings (SSSR count). The fourth-order valence-corrected chi connectivity index (χ4v) is 8.87. The summed E-state index contributed by atoms with van der Waals surface area (Å²) in [4.78, 5) is 2.40. The van der Waals surface area contributed by atoms with E-state index in [1.54, 1.807) is 0 Å². The fraction of sp³-hybridized carbons (Fsp3) is 0.0769. The number of benzene rings is 8. The van der Waals surface area contributed by atoms with E-state index in [4.69, 9.17) is 13.9 Å². The summed E-state index contributed by atoms with van der Waals surface area (Å²) >= 11 is 0. The van der Waals surface area contributed by atoms with Gasteiger partial charge in [0.15, 0.2) is 11.5 Å². The molecule has 2 heterocycles. The number of para-hydroxylation sites is 2. The summed E-state index contributed by atoms with van der Waals surface area (Å²) in [5.74, 6) is 1.53. The molecular formula is C52H37NO3. The first-order valence-corrected chi connectivity index (χ1v) is 19.2. The first kappa shape index (κ1) is 32.4. The number of rotatable bonds is 6. The highest BCUT2D eigenvalue weighted by Gasteiger charge is 2.37. The van der Waals surface area contributed by atoms with Crippen molar-refractivity contribution < 1.29 is 13.9 Å². The van der Waals surface area contributed by atoms with E-state index in [2.05, 4.69) is 176 Å². The summed E-state index contributed by atoms with van der Waals surface area (Å²) < 4.78 is 18.5. The normalized spacial score (nSPS) is 13.5. The maximum atomic E-state index is 6.34. The zero-order valence-corrected chi connectivity index (χ0v) is 31.1. The Hall–Kier alpha value is -7.04. The maximum Gasteiger partial charge on any atom is 0.231 e. The van der Waals surface area contributed by atoms with Gasteiger partial charge in [-0.1, -0.05) is 129 Å². The van der Waals surface area contributed by atoms with Crippen LogP contribution >= 0.6 is 0 Å². The third kappa shape index (κ3) is 5.06. The Morgan fingerprint density at radius 2 is 1.14 bits per heavy atom. The SMILES string of the molecule is CC1(C)c2ccccc2-c2cc(-c3cccc4c3OCO4)c(N(c3ccc(-c4ccccc4)cc3)c3cccc(-c4ccc5c(c4)oc4ccccc45)c3)cc21. The molecule has 0 bridgehead atoms. The van der Waals surface area contributed by atoms with Gasteiger partial charge in [0.1, 0.15) is 11.2 Å². The quantitative estimate of drug-likeness (QED) is 0.171. The van der Waals surface area contributed by atoms with Gasteiger partial charge in [-0.3, -0.25) is 0 Å². The average molecular weight is 724 g/mol. The highest BCUT2D eigenvalue weighted by atomic mass is 16.7. The van der Waals surface area contributed by atoms with Crippen LogP contribution in [0.3, 0.4) is 0 Å². The number of furan rings is 1. The largest absolute Gasteiger partial charge is 0.456 e. The van der Waals surface area contributed by atoms with E-state index in [-0.39, 0.29) is 12.2 Å². The number of nitrogens with zero attached hydrogens (tertiary/aromatic N) is 1. The van der Waals surface area contributed by atoms with Crippen LogP contribution in [-0.2, 0) is 5.41 Å². The van der Waals surface area contributed by atoms with Crippen molar-refractivity contribution in [1.82, 2.24) is 0 Å². The number of ether oxygens (including phenoxy) is 2. The highest BCUT2D eigenvalue weighted by molar-refractivity contribution is 6.06. The third-order valence-electron chi connectivity index (χ3n) is 11.7. The van der Waals surface area contributed by atoms with Crippen molar-refractivity contribution in [3.63, 3.8) is 0 Å². The molecule has 0 spiro atoms. The van der Waals surface area contributed by atoms with Gasteiger partial charge < -0.3 is 18.8 Å². The van der Waals surface area contributed by atoms with Crippen LogP contribution in [0.25, 0.3) is 66.4 Å². The molecule has 0 saturated carbocycles. The summed E-state index contributed by atoms with van der Waals surface area (Å²) in [6, 6.07) is 62.9. The van der Waals surface area contributed by atoms with Gasteiger partial charge in [-0.25, -0.2) is 0 Å². The highest BCUT2D eigenvalue weighted by Crippen LogP contribution is 2.55. The van der Waals surface area contributed by atoms with Crippen molar-refractivity contribution in [2.45, 2.75) is 19.3 Å². The summed E-state index contributed by atoms with van der Waals surface area (Å²) in [5.41, 5.74) is 16.5. The lowest BCUT2D eigenvalue weighted by molar-refractivity contribution is 0.174. The van der Waals surface area contributed by atoms with Crippen molar-refractivity contribution in [3.05, 3.63) is 187 Å². The molecule has 0 fully saturated rings. The van der Waals surface area contributed by atoms with Gasteiger partial charge in [0.2, 0.25) is 6.79 Å². The first-order valence-electron chi connectivity index (χ1n) is 19.2. The summed E-state index contributed by atoms with van der Waals surface area (Å²) in [5, 5.41) is 2.25. The van der Waals surface area contributed by atoms with E-state index in [1.165, 1.54) is 33.4 Å². The predicted octanol–water partition coefficient (Wildman–Crippen LogP) is 14.1. The molecule has 4 nitrogen and oxygen atoms in total. The molecule has 0 unspecified atom stereocenters. The van der Waals surface area contributed by atoms with Gasteiger partial charge in [-0.2, -0.15) is 0 Å². The van der Waals surface area contributed by atoms with Gasteiger partial charge in [0.05, 0.1) is 5.69 Å². The van der Waals surface area contributed by atoms with Gasteiger partial charge in [0, 0.05) is 38.7 Å². The van der Waals surface area contributed by atoms with Crippen LogP contribution < -0.4 is 14.4 Å². The Morgan fingerprint density at radius 1 is 0.446 bits per heavy atom. The van der Waals surface area contributed by atoms with Crippen LogP contribution in [0, 0.1) is 0 Å². The van der Waals surface area contributed by atoms with E-state index in [0.717, 1.165) is 72.8 Å². The molecule has 4 heteroatoms. The lowest BCUT2D eigenvalue weighted by Crippen LogP contribution is -2.17. The number of hydrogen-bond donors (Lipinski definition) is 0. The fourth-order valence-electron chi connectivity index (χ4n) is 8.87. The molecule has 0 saturated heterocycles. The minimum absolute atomic E-state index is 0.199. The Morgan fingerprint density at radius 3 is 2.04 bits per heavy atom. The second-order valence-electron chi connectivity index (χ2n) is 15.2. The van der Waals surface area contributed by atoms with Gasteiger partial charge in [0.25, 0.3) is 0 Å². The topological polar surface area (TPSA) is 34.8 Å². The van der Waals surface area contributed by atoms with Crippen molar-refractivity contribution in [2.24, 2.45) is 0 Å². The Kier molecular flexibility index (Phi) is 7.23. The molecule has 0 radical (unpaired) electrons. The Bertz CT molecular complexity index is 2980. The molecule has 9 aromatic rings.